The molecule has 5 nitrogen and oxygen atoms in total. The molecular formula is C22H29FIN5. The van der Waals surface area contributed by atoms with Gasteiger partial charge in [-0.25, -0.2) is 4.39 Å². The Bertz CT molecular complexity index is 820. The van der Waals surface area contributed by atoms with Crippen LogP contribution in [0.4, 0.5) is 4.39 Å². The van der Waals surface area contributed by atoms with E-state index in [2.05, 4.69) is 58.8 Å². The Morgan fingerprint density at radius 1 is 1.21 bits per heavy atom. The van der Waals surface area contributed by atoms with Crippen molar-refractivity contribution in [3.8, 4) is 6.07 Å². The van der Waals surface area contributed by atoms with Crippen LogP contribution in [0.3, 0.4) is 0 Å². The van der Waals surface area contributed by atoms with Crippen molar-refractivity contribution in [3.63, 3.8) is 0 Å². The van der Waals surface area contributed by atoms with Gasteiger partial charge in [0.05, 0.1) is 11.6 Å². The molecule has 7 heteroatoms. The molecule has 1 atom stereocenters. The number of rotatable bonds is 8. The Kier molecular flexibility index (Phi) is 11.2. The number of hydrogen-bond donors (Lipinski definition) is 2. The molecule has 0 saturated carbocycles. The van der Waals surface area contributed by atoms with Gasteiger partial charge < -0.3 is 10.6 Å². The van der Waals surface area contributed by atoms with Crippen molar-refractivity contribution >= 4 is 29.9 Å². The lowest BCUT2D eigenvalue weighted by Gasteiger charge is -2.25. The molecule has 0 spiro atoms. The molecule has 0 heterocycles. The summed E-state index contributed by atoms with van der Waals surface area (Å²) in [6.07, 6.45) is 0.947. The molecule has 0 saturated heterocycles. The van der Waals surface area contributed by atoms with Gasteiger partial charge in [0.2, 0.25) is 0 Å². The Balaban J connectivity index is 0.00000420. The van der Waals surface area contributed by atoms with E-state index in [1.165, 1.54) is 17.7 Å². The smallest absolute Gasteiger partial charge is 0.191 e. The number of nitriles is 1. The number of halogens is 2. The minimum absolute atomic E-state index is 0. The first-order chi connectivity index (χ1) is 13.5. The van der Waals surface area contributed by atoms with E-state index in [0.29, 0.717) is 23.1 Å². The summed E-state index contributed by atoms with van der Waals surface area (Å²) in [4.78, 5) is 6.49. The predicted octanol–water partition coefficient (Wildman–Crippen LogP) is 3.89. The van der Waals surface area contributed by atoms with Gasteiger partial charge in [0.1, 0.15) is 5.82 Å². The molecule has 0 bridgehead atoms. The predicted molar refractivity (Wildman–Crippen MR) is 127 cm³/mol. The van der Waals surface area contributed by atoms with Crippen molar-refractivity contribution in [3.05, 3.63) is 71.0 Å². The zero-order valence-corrected chi connectivity index (χ0v) is 19.5. The summed E-state index contributed by atoms with van der Waals surface area (Å²) in [5.74, 6) is 0.276. The second-order valence-electron chi connectivity index (χ2n) is 6.81. The van der Waals surface area contributed by atoms with Crippen LogP contribution in [0, 0.1) is 17.1 Å². The largest absolute Gasteiger partial charge is 0.356 e. The molecule has 2 N–H and O–H groups in total. The van der Waals surface area contributed by atoms with Crippen molar-refractivity contribution in [2.45, 2.75) is 32.5 Å². The van der Waals surface area contributed by atoms with Crippen molar-refractivity contribution in [2.24, 2.45) is 4.99 Å². The van der Waals surface area contributed by atoms with Crippen LogP contribution < -0.4 is 10.6 Å². The second kappa shape index (κ2) is 13.1. The van der Waals surface area contributed by atoms with Gasteiger partial charge >= 0.3 is 0 Å². The lowest BCUT2D eigenvalue weighted by Crippen LogP contribution is -2.39. The topological polar surface area (TPSA) is 63.5 Å². The van der Waals surface area contributed by atoms with Crippen LogP contribution in [0.2, 0.25) is 0 Å². The molecule has 0 fully saturated rings. The molecular weight excluding hydrogens is 480 g/mol. The SMILES string of the molecule is CN=C(NCCC(C)N(C)Cc1ccccc1)NCc1cc(C#N)ccc1F.I. The highest BCUT2D eigenvalue weighted by Gasteiger charge is 2.10. The normalized spacial score (nSPS) is 12.1. The number of nitrogens with zero attached hydrogens (tertiary/aromatic N) is 3. The molecule has 2 aromatic carbocycles. The summed E-state index contributed by atoms with van der Waals surface area (Å²) in [7, 11) is 3.80. The molecule has 156 valence electrons. The van der Waals surface area contributed by atoms with Crippen LogP contribution in [-0.2, 0) is 13.1 Å². The fourth-order valence-electron chi connectivity index (χ4n) is 2.83. The van der Waals surface area contributed by atoms with E-state index in [4.69, 9.17) is 5.26 Å². The van der Waals surface area contributed by atoms with Gasteiger partial charge in [0, 0.05) is 38.3 Å². The standard InChI is InChI=1S/C22H28FN5.HI/c1-17(28(3)16-18-7-5-4-6-8-18)11-12-26-22(25-2)27-15-20-13-19(14-24)9-10-21(20)23;/h4-10,13,17H,11-12,15-16H2,1-3H3,(H2,25,26,27);1H. The van der Waals surface area contributed by atoms with Crippen LogP contribution in [0.15, 0.2) is 53.5 Å². The average Bonchev–Trinajstić information content (AvgIpc) is 2.72. The quantitative estimate of drug-likeness (QED) is 0.322. The van der Waals surface area contributed by atoms with Crippen LogP contribution in [0.25, 0.3) is 0 Å². The van der Waals surface area contributed by atoms with Gasteiger partial charge in [-0.15, -0.1) is 24.0 Å². The summed E-state index contributed by atoms with van der Waals surface area (Å²) in [6.45, 7) is 4.12. The molecule has 0 aliphatic rings. The van der Waals surface area contributed by atoms with E-state index in [9.17, 15) is 4.39 Å². The summed E-state index contributed by atoms with van der Waals surface area (Å²) < 4.78 is 13.9. The maximum atomic E-state index is 13.9. The molecule has 0 radical (unpaired) electrons. The monoisotopic (exact) mass is 509 g/mol. The van der Waals surface area contributed by atoms with E-state index in [1.807, 2.05) is 12.1 Å². The highest BCUT2D eigenvalue weighted by atomic mass is 127. The highest BCUT2D eigenvalue weighted by molar-refractivity contribution is 14.0. The number of guanidine groups is 1. The molecule has 1 unspecified atom stereocenters. The first-order valence-corrected chi connectivity index (χ1v) is 9.40. The molecule has 0 aromatic heterocycles. The maximum Gasteiger partial charge on any atom is 0.191 e. The third kappa shape index (κ3) is 8.38. The number of benzene rings is 2. The molecule has 29 heavy (non-hydrogen) atoms. The Labute approximate surface area is 190 Å². The zero-order chi connectivity index (χ0) is 20.4. The van der Waals surface area contributed by atoms with Gasteiger partial charge in [-0.2, -0.15) is 5.26 Å². The third-order valence-corrected chi connectivity index (χ3v) is 4.73. The van der Waals surface area contributed by atoms with Crippen LogP contribution in [0.1, 0.15) is 30.0 Å². The highest BCUT2D eigenvalue weighted by Crippen LogP contribution is 2.10. The van der Waals surface area contributed by atoms with Crippen molar-refractivity contribution in [1.29, 1.82) is 5.26 Å². The van der Waals surface area contributed by atoms with Gasteiger partial charge in [-0.05, 0) is 44.2 Å². The van der Waals surface area contributed by atoms with Crippen molar-refractivity contribution < 1.29 is 4.39 Å². The fourth-order valence-corrected chi connectivity index (χ4v) is 2.83. The zero-order valence-electron chi connectivity index (χ0n) is 17.2. The third-order valence-electron chi connectivity index (χ3n) is 4.73. The summed E-state index contributed by atoms with van der Waals surface area (Å²) in [5.41, 5.74) is 2.18. The van der Waals surface area contributed by atoms with Gasteiger partial charge in [-0.1, -0.05) is 30.3 Å². The van der Waals surface area contributed by atoms with Gasteiger partial charge in [0.25, 0.3) is 0 Å². The van der Waals surface area contributed by atoms with E-state index in [0.717, 1.165) is 19.5 Å². The average molecular weight is 509 g/mol. The number of nitrogens with one attached hydrogen (secondary N) is 2. The second-order valence-corrected chi connectivity index (χ2v) is 6.81. The number of hydrogen-bond acceptors (Lipinski definition) is 3. The minimum Gasteiger partial charge on any atom is -0.356 e. The molecule has 2 aromatic rings. The molecule has 0 aliphatic heterocycles. The summed E-state index contributed by atoms with van der Waals surface area (Å²) in [5, 5.41) is 15.3. The van der Waals surface area contributed by atoms with Crippen LogP contribution in [-0.4, -0.2) is 37.5 Å². The van der Waals surface area contributed by atoms with E-state index in [1.54, 1.807) is 13.1 Å². The van der Waals surface area contributed by atoms with Crippen LogP contribution in [0.5, 0.6) is 0 Å². The van der Waals surface area contributed by atoms with E-state index >= 15 is 0 Å². The maximum absolute atomic E-state index is 13.9. The minimum atomic E-state index is -0.335. The van der Waals surface area contributed by atoms with Gasteiger partial charge in [0.15, 0.2) is 5.96 Å². The lowest BCUT2D eigenvalue weighted by atomic mass is 10.1. The first-order valence-electron chi connectivity index (χ1n) is 9.40. The molecule has 0 aliphatic carbocycles. The van der Waals surface area contributed by atoms with Crippen molar-refractivity contribution in [2.75, 3.05) is 20.6 Å². The first kappa shape index (κ1) is 24.9. The summed E-state index contributed by atoms with van der Waals surface area (Å²) >= 11 is 0. The van der Waals surface area contributed by atoms with Gasteiger partial charge in [-0.3, -0.25) is 9.89 Å². The molecule has 0 amide bonds. The van der Waals surface area contributed by atoms with Crippen molar-refractivity contribution in [1.82, 2.24) is 15.5 Å². The fraction of sp³-hybridized carbons (Fsp3) is 0.364. The Hall–Kier alpha value is -2.18. The Morgan fingerprint density at radius 2 is 1.93 bits per heavy atom. The van der Waals surface area contributed by atoms with E-state index < -0.39 is 0 Å². The van der Waals surface area contributed by atoms with Crippen LogP contribution >= 0.6 is 24.0 Å². The lowest BCUT2D eigenvalue weighted by molar-refractivity contribution is 0.238. The Morgan fingerprint density at radius 3 is 2.59 bits per heavy atom. The number of aliphatic imine (C=N–C) groups is 1. The van der Waals surface area contributed by atoms with E-state index in [-0.39, 0.29) is 36.3 Å². The molecule has 2 rings (SSSR count). The summed E-state index contributed by atoms with van der Waals surface area (Å²) in [6, 6.07) is 17.2.